The molecule has 1 saturated heterocycles. The fraction of sp³-hybridized carbons (Fsp3) is 0.533. The van der Waals surface area contributed by atoms with Gasteiger partial charge >= 0.3 is 11.9 Å². The van der Waals surface area contributed by atoms with Crippen LogP contribution in [0.5, 0.6) is 0 Å². The van der Waals surface area contributed by atoms with E-state index in [0.29, 0.717) is 5.92 Å². The summed E-state index contributed by atoms with van der Waals surface area (Å²) in [6.07, 6.45) is -0.438. The van der Waals surface area contributed by atoms with E-state index in [1.165, 1.54) is 36.1 Å². The van der Waals surface area contributed by atoms with E-state index in [4.69, 9.17) is 14.2 Å². The molecule has 196 valence electrons. The summed E-state index contributed by atoms with van der Waals surface area (Å²) in [5.74, 6) is -0.579. The Labute approximate surface area is 224 Å². The molecule has 1 aliphatic heterocycles. The van der Waals surface area contributed by atoms with Crippen molar-refractivity contribution in [2.24, 2.45) is 5.92 Å². The SMILES string of the molecule is CC[C@H]1O[C@@H](c2cc(Cc3ccc(Br)cc3C)c(C(C)C)cc2C)[C@@H](OC(C)=O)[C@@H](OC(C)=O)[C@H]1C. The van der Waals surface area contributed by atoms with E-state index in [1.807, 2.05) is 6.92 Å². The molecule has 1 fully saturated rings. The Balaban J connectivity index is 2.14. The molecule has 6 heteroatoms. The fourth-order valence-electron chi connectivity index (χ4n) is 5.33. The molecule has 0 spiro atoms. The average Bonchev–Trinajstić information content (AvgIpc) is 2.78. The molecule has 0 bridgehead atoms. The summed E-state index contributed by atoms with van der Waals surface area (Å²) in [7, 11) is 0. The second-order valence-electron chi connectivity index (χ2n) is 10.3. The van der Waals surface area contributed by atoms with Crippen LogP contribution >= 0.6 is 15.9 Å². The van der Waals surface area contributed by atoms with Crippen molar-refractivity contribution in [1.29, 1.82) is 0 Å². The second-order valence-corrected chi connectivity index (χ2v) is 11.2. The van der Waals surface area contributed by atoms with E-state index < -0.39 is 30.3 Å². The summed E-state index contributed by atoms with van der Waals surface area (Å²) in [5.41, 5.74) is 7.03. The van der Waals surface area contributed by atoms with Crippen LogP contribution in [0.15, 0.2) is 34.8 Å². The lowest BCUT2D eigenvalue weighted by atomic mass is 9.81. The highest BCUT2D eigenvalue weighted by molar-refractivity contribution is 9.10. The Bertz CT molecular complexity index is 1110. The van der Waals surface area contributed by atoms with Crippen LogP contribution in [-0.2, 0) is 30.2 Å². The van der Waals surface area contributed by atoms with Crippen molar-refractivity contribution in [2.75, 3.05) is 0 Å². The van der Waals surface area contributed by atoms with Gasteiger partial charge in [0.05, 0.1) is 6.10 Å². The molecule has 1 heterocycles. The molecule has 5 nitrogen and oxygen atoms in total. The van der Waals surface area contributed by atoms with Gasteiger partial charge < -0.3 is 14.2 Å². The largest absolute Gasteiger partial charge is 0.458 e. The van der Waals surface area contributed by atoms with E-state index in [-0.39, 0.29) is 12.0 Å². The van der Waals surface area contributed by atoms with Crippen LogP contribution in [0.4, 0.5) is 0 Å². The van der Waals surface area contributed by atoms with Gasteiger partial charge in [-0.2, -0.15) is 0 Å². The number of esters is 2. The maximum Gasteiger partial charge on any atom is 0.303 e. The van der Waals surface area contributed by atoms with Crippen molar-refractivity contribution >= 4 is 27.9 Å². The third-order valence-corrected chi connectivity index (χ3v) is 7.69. The maximum absolute atomic E-state index is 12.2. The molecule has 0 radical (unpaired) electrons. The van der Waals surface area contributed by atoms with Gasteiger partial charge in [0.25, 0.3) is 0 Å². The van der Waals surface area contributed by atoms with Crippen LogP contribution in [0, 0.1) is 19.8 Å². The Hall–Kier alpha value is -2.18. The molecule has 0 aliphatic carbocycles. The van der Waals surface area contributed by atoms with Gasteiger partial charge in [-0.3, -0.25) is 9.59 Å². The van der Waals surface area contributed by atoms with E-state index in [2.05, 4.69) is 80.9 Å². The zero-order valence-corrected chi connectivity index (χ0v) is 24.3. The smallest absolute Gasteiger partial charge is 0.303 e. The zero-order valence-electron chi connectivity index (χ0n) is 22.7. The third kappa shape index (κ3) is 6.38. The fourth-order valence-corrected chi connectivity index (χ4v) is 5.81. The summed E-state index contributed by atoms with van der Waals surface area (Å²) in [6, 6.07) is 10.8. The summed E-state index contributed by atoms with van der Waals surface area (Å²) in [5, 5.41) is 0. The van der Waals surface area contributed by atoms with E-state index in [0.717, 1.165) is 28.4 Å². The molecule has 0 saturated carbocycles. The molecule has 0 N–H and O–H groups in total. The van der Waals surface area contributed by atoms with Gasteiger partial charge in [-0.05, 0) is 78.1 Å². The van der Waals surface area contributed by atoms with E-state index in [9.17, 15) is 9.59 Å². The van der Waals surface area contributed by atoms with Crippen molar-refractivity contribution in [2.45, 2.75) is 98.6 Å². The van der Waals surface area contributed by atoms with Gasteiger partial charge in [0.2, 0.25) is 0 Å². The molecule has 0 amide bonds. The number of rotatable bonds is 7. The van der Waals surface area contributed by atoms with Crippen molar-refractivity contribution in [3.63, 3.8) is 0 Å². The van der Waals surface area contributed by atoms with Crippen LogP contribution in [0.2, 0.25) is 0 Å². The number of aryl methyl sites for hydroxylation is 2. The van der Waals surface area contributed by atoms with Crippen LogP contribution in [0.3, 0.4) is 0 Å². The van der Waals surface area contributed by atoms with Gasteiger partial charge in [0, 0.05) is 24.2 Å². The quantitative estimate of drug-likeness (QED) is 0.338. The first-order chi connectivity index (χ1) is 16.9. The summed E-state index contributed by atoms with van der Waals surface area (Å²) >= 11 is 3.56. The van der Waals surface area contributed by atoms with Crippen molar-refractivity contribution < 1.29 is 23.8 Å². The Kier molecular flexibility index (Phi) is 9.39. The molecule has 1 aliphatic rings. The molecule has 2 aromatic carbocycles. The van der Waals surface area contributed by atoms with Crippen LogP contribution in [0.25, 0.3) is 0 Å². The van der Waals surface area contributed by atoms with Gasteiger partial charge in [-0.15, -0.1) is 0 Å². The minimum absolute atomic E-state index is 0.111. The highest BCUT2D eigenvalue weighted by atomic mass is 79.9. The number of carbonyl (C=O) groups excluding carboxylic acids is 2. The Morgan fingerprint density at radius 2 is 1.61 bits per heavy atom. The number of hydrogen-bond acceptors (Lipinski definition) is 5. The second kappa shape index (κ2) is 11.9. The number of hydrogen-bond donors (Lipinski definition) is 0. The van der Waals surface area contributed by atoms with Crippen LogP contribution < -0.4 is 0 Å². The van der Waals surface area contributed by atoms with Crippen LogP contribution in [0.1, 0.15) is 93.4 Å². The lowest BCUT2D eigenvalue weighted by molar-refractivity contribution is -0.225. The first-order valence-corrected chi connectivity index (χ1v) is 13.6. The lowest BCUT2D eigenvalue weighted by Gasteiger charge is -2.45. The molecule has 2 aromatic rings. The normalized spacial score (nSPS) is 24.0. The lowest BCUT2D eigenvalue weighted by Crippen LogP contribution is -2.53. The van der Waals surface area contributed by atoms with Crippen molar-refractivity contribution in [3.05, 3.63) is 68.2 Å². The molecule has 36 heavy (non-hydrogen) atoms. The Morgan fingerprint density at radius 3 is 2.17 bits per heavy atom. The number of halogens is 1. The number of ether oxygens (including phenoxy) is 3. The molecular weight excluding hydrogens is 520 g/mol. The molecule has 3 rings (SSSR count). The zero-order chi connectivity index (χ0) is 26.7. The van der Waals surface area contributed by atoms with Gasteiger partial charge in [-0.25, -0.2) is 0 Å². The predicted molar refractivity (Wildman–Crippen MR) is 145 cm³/mol. The highest BCUT2D eigenvalue weighted by Crippen LogP contribution is 2.42. The Morgan fingerprint density at radius 1 is 0.972 bits per heavy atom. The van der Waals surface area contributed by atoms with E-state index in [1.54, 1.807) is 0 Å². The highest BCUT2D eigenvalue weighted by Gasteiger charge is 2.48. The van der Waals surface area contributed by atoms with Crippen molar-refractivity contribution in [3.8, 4) is 0 Å². The van der Waals surface area contributed by atoms with E-state index >= 15 is 0 Å². The number of carbonyl (C=O) groups is 2. The predicted octanol–water partition coefficient (Wildman–Crippen LogP) is 7.13. The third-order valence-electron chi connectivity index (χ3n) is 7.20. The molecule has 0 aromatic heterocycles. The minimum Gasteiger partial charge on any atom is -0.458 e. The molecule has 0 unspecified atom stereocenters. The summed E-state index contributed by atoms with van der Waals surface area (Å²) in [6.45, 7) is 15.4. The van der Waals surface area contributed by atoms with Crippen molar-refractivity contribution in [1.82, 2.24) is 0 Å². The molecule has 5 atom stereocenters. The average molecular weight is 560 g/mol. The first-order valence-electron chi connectivity index (χ1n) is 12.8. The van der Waals surface area contributed by atoms with Gasteiger partial charge in [-0.1, -0.05) is 61.8 Å². The minimum atomic E-state index is -0.727. The van der Waals surface area contributed by atoms with Gasteiger partial charge in [0.15, 0.2) is 6.10 Å². The van der Waals surface area contributed by atoms with Crippen LogP contribution in [-0.4, -0.2) is 30.3 Å². The maximum atomic E-state index is 12.2. The standard InChI is InChI=1S/C30H39BrO5/c1-9-27-19(6)28(34-20(7)32)30(35-21(8)33)29(36-27)26-15-23(25(16(2)3)13-18(26)5)14-22-10-11-24(31)12-17(22)4/h10-13,15-16,19,27-30H,9,14H2,1-8H3/t19-,27+,28-,29-,30-/m0/s1. The monoisotopic (exact) mass is 558 g/mol. The van der Waals surface area contributed by atoms with Gasteiger partial charge in [0.1, 0.15) is 12.2 Å². The summed E-state index contributed by atoms with van der Waals surface area (Å²) < 4.78 is 19.2. The first kappa shape index (κ1) is 28.4. The topological polar surface area (TPSA) is 61.8 Å². The number of benzene rings is 2. The molecular formula is C30H39BrO5. The summed E-state index contributed by atoms with van der Waals surface area (Å²) in [4.78, 5) is 24.2.